The van der Waals surface area contributed by atoms with Crippen LogP contribution in [0, 0.1) is 13.8 Å². The first-order chi connectivity index (χ1) is 11.3. The minimum Gasteiger partial charge on any atom is -0.366 e. The summed E-state index contributed by atoms with van der Waals surface area (Å²) in [5.74, 6) is 0. The van der Waals surface area contributed by atoms with Crippen molar-refractivity contribution in [1.29, 1.82) is 0 Å². The van der Waals surface area contributed by atoms with Crippen molar-refractivity contribution in [2.24, 2.45) is 0 Å². The third kappa shape index (κ3) is 4.33. The molecule has 0 saturated heterocycles. The summed E-state index contributed by atoms with van der Waals surface area (Å²) >= 11 is 5.39. The number of thiocarbonyl (C=S) groups is 1. The zero-order chi connectivity index (χ0) is 17.9. The zero-order valence-electron chi connectivity index (χ0n) is 15.1. The predicted octanol–water partition coefficient (Wildman–Crippen LogP) is 2.01. The number of fused-ring (bicyclic) bond motifs is 1. The highest BCUT2D eigenvalue weighted by molar-refractivity contribution is 7.80. The number of H-pyrrole nitrogens is 1. The highest BCUT2D eigenvalue weighted by Crippen LogP contribution is 2.17. The second-order valence-electron chi connectivity index (χ2n) is 6.43. The number of likely N-dealkylation sites (N-methyl/N-ethyl adjacent to an activating group) is 1. The summed E-state index contributed by atoms with van der Waals surface area (Å²) in [4.78, 5) is 19.6. The van der Waals surface area contributed by atoms with E-state index < -0.39 is 0 Å². The lowest BCUT2D eigenvalue weighted by molar-refractivity contribution is 0.323. The van der Waals surface area contributed by atoms with Gasteiger partial charge in [0.25, 0.3) is 5.56 Å². The largest absolute Gasteiger partial charge is 0.366 e. The molecule has 2 rings (SSSR count). The smallest absolute Gasteiger partial charge is 0.253 e. The molecule has 130 valence electrons. The number of nitrogens with one attached hydrogen (secondary N) is 2. The molecule has 0 unspecified atom stereocenters. The standard InChI is InChI=1S/C18H26N4OS/c1-12-8-14-10-15(17(23)20-16(14)9-13(12)2)11-22(18(24)19-3)7-6-21(4)5/h8-10H,6-7,11H2,1-5H3,(H,19,24)(H,20,23). The van der Waals surface area contributed by atoms with Crippen molar-refractivity contribution >= 4 is 28.2 Å². The quantitative estimate of drug-likeness (QED) is 0.811. The van der Waals surface area contributed by atoms with Gasteiger partial charge in [0.2, 0.25) is 0 Å². The van der Waals surface area contributed by atoms with Crippen molar-refractivity contribution < 1.29 is 0 Å². The highest BCUT2D eigenvalue weighted by Gasteiger charge is 2.13. The summed E-state index contributed by atoms with van der Waals surface area (Å²) in [5, 5.41) is 4.71. The lowest BCUT2D eigenvalue weighted by atomic mass is 10.0. The Labute approximate surface area is 148 Å². The molecule has 0 aliphatic carbocycles. The Kier molecular flexibility index (Phi) is 5.96. The Hall–Kier alpha value is -1.92. The van der Waals surface area contributed by atoms with Crippen molar-refractivity contribution in [3.63, 3.8) is 0 Å². The Morgan fingerprint density at radius 2 is 1.83 bits per heavy atom. The first-order valence-corrected chi connectivity index (χ1v) is 8.47. The van der Waals surface area contributed by atoms with Gasteiger partial charge in [0.1, 0.15) is 0 Å². The lowest BCUT2D eigenvalue weighted by Gasteiger charge is -2.26. The summed E-state index contributed by atoms with van der Waals surface area (Å²) < 4.78 is 0. The van der Waals surface area contributed by atoms with Crippen LogP contribution in [0.15, 0.2) is 23.0 Å². The van der Waals surface area contributed by atoms with Crippen LogP contribution in [-0.2, 0) is 6.54 Å². The van der Waals surface area contributed by atoms with Crippen molar-refractivity contribution in [2.45, 2.75) is 20.4 Å². The van der Waals surface area contributed by atoms with E-state index in [1.807, 2.05) is 38.2 Å². The number of pyridine rings is 1. The maximum atomic E-state index is 12.5. The molecule has 0 radical (unpaired) electrons. The highest BCUT2D eigenvalue weighted by atomic mass is 32.1. The van der Waals surface area contributed by atoms with E-state index in [-0.39, 0.29) is 5.56 Å². The average molecular weight is 347 g/mol. The molecule has 0 saturated carbocycles. The molecule has 24 heavy (non-hydrogen) atoms. The molecule has 0 spiro atoms. The molecule has 1 heterocycles. The van der Waals surface area contributed by atoms with E-state index in [0.29, 0.717) is 11.7 Å². The minimum atomic E-state index is -0.0560. The van der Waals surface area contributed by atoms with Crippen molar-refractivity contribution in [3.8, 4) is 0 Å². The molecule has 0 fully saturated rings. The van der Waals surface area contributed by atoms with Gasteiger partial charge in [-0.05, 0) is 74.9 Å². The molecule has 0 atom stereocenters. The lowest BCUT2D eigenvalue weighted by Crippen LogP contribution is -2.42. The molecular formula is C18H26N4OS. The van der Waals surface area contributed by atoms with Crippen LogP contribution in [0.5, 0.6) is 0 Å². The van der Waals surface area contributed by atoms with Gasteiger partial charge in [0, 0.05) is 31.2 Å². The van der Waals surface area contributed by atoms with E-state index in [2.05, 4.69) is 35.1 Å². The molecule has 0 aliphatic heterocycles. The predicted molar refractivity (Wildman–Crippen MR) is 105 cm³/mol. The first kappa shape index (κ1) is 18.4. The van der Waals surface area contributed by atoms with Crippen LogP contribution in [-0.4, -0.2) is 54.1 Å². The third-order valence-corrected chi connectivity index (χ3v) is 4.68. The van der Waals surface area contributed by atoms with Gasteiger partial charge >= 0.3 is 0 Å². The zero-order valence-corrected chi connectivity index (χ0v) is 15.9. The van der Waals surface area contributed by atoms with Gasteiger partial charge in [0.15, 0.2) is 5.11 Å². The molecule has 2 N–H and O–H groups in total. The molecular weight excluding hydrogens is 320 g/mol. The summed E-state index contributed by atoms with van der Waals surface area (Å²) in [6.07, 6.45) is 0. The maximum Gasteiger partial charge on any atom is 0.253 e. The van der Waals surface area contributed by atoms with E-state index in [0.717, 1.165) is 29.6 Å². The molecule has 0 aliphatic rings. The van der Waals surface area contributed by atoms with Crippen LogP contribution in [0.4, 0.5) is 0 Å². The summed E-state index contributed by atoms with van der Waals surface area (Å²) in [5.41, 5.74) is 3.94. The van der Waals surface area contributed by atoms with Crippen molar-refractivity contribution in [3.05, 3.63) is 45.2 Å². The Morgan fingerprint density at radius 1 is 1.17 bits per heavy atom. The number of hydrogen-bond donors (Lipinski definition) is 2. The van der Waals surface area contributed by atoms with Crippen LogP contribution < -0.4 is 10.9 Å². The maximum absolute atomic E-state index is 12.5. The van der Waals surface area contributed by atoms with Crippen LogP contribution >= 0.6 is 12.2 Å². The number of benzene rings is 1. The number of aromatic nitrogens is 1. The Balaban J connectivity index is 2.35. The molecule has 0 bridgehead atoms. The Morgan fingerprint density at radius 3 is 2.46 bits per heavy atom. The van der Waals surface area contributed by atoms with Gasteiger partial charge < -0.3 is 20.1 Å². The SMILES string of the molecule is CNC(=S)N(CCN(C)C)Cc1cc2cc(C)c(C)cc2[nH]c1=O. The summed E-state index contributed by atoms with van der Waals surface area (Å²) in [7, 11) is 5.85. The van der Waals surface area contributed by atoms with Crippen LogP contribution in [0.2, 0.25) is 0 Å². The van der Waals surface area contributed by atoms with Gasteiger partial charge in [-0.3, -0.25) is 4.79 Å². The molecule has 1 aromatic carbocycles. The monoisotopic (exact) mass is 346 g/mol. The first-order valence-electron chi connectivity index (χ1n) is 8.06. The van der Waals surface area contributed by atoms with Gasteiger partial charge in [0.05, 0.1) is 6.54 Å². The van der Waals surface area contributed by atoms with Crippen molar-refractivity contribution in [1.82, 2.24) is 20.1 Å². The average Bonchev–Trinajstić information content (AvgIpc) is 2.52. The normalized spacial score (nSPS) is 11.1. The molecule has 0 amide bonds. The molecule has 1 aromatic heterocycles. The van der Waals surface area contributed by atoms with Gasteiger partial charge in [-0.2, -0.15) is 0 Å². The number of rotatable bonds is 5. The van der Waals surface area contributed by atoms with Gasteiger partial charge in [-0.25, -0.2) is 0 Å². The number of nitrogens with zero attached hydrogens (tertiary/aromatic N) is 2. The fourth-order valence-electron chi connectivity index (χ4n) is 2.58. The number of aryl methyl sites for hydroxylation is 2. The number of aromatic amines is 1. The van der Waals surface area contributed by atoms with Gasteiger partial charge in [-0.15, -0.1) is 0 Å². The van der Waals surface area contributed by atoms with E-state index in [4.69, 9.17) is 12.2 Å². The summed E-state index contributed by atoms with van der Waals surface area (Å²) in [6, 6.07) is 6.12. The minimum absolute atomic E-state index is 0.0560. The second-order valence-corrected chi connectivity index (χ2v) is 6.81. The molecule has 6 heteroatoms. The fourth-order valence-corrected chi connectivity index (χ4v) is 2.73. The fraction of sp³-hybridized carbons (Fsp3) is 0.444. The number of hydrogen-bond acceptors (Lipinski definition) is 3. The summed E-state index contributed by atoms with van der Waals surface area (Å²) in [6.45, 7) is 6.25. The van der Waals surface area contributed by atoms with Crippen LogP contribution in [0.1, 0.15) is 16.7 Å². The molecule has 5 nitrogen and oxygen atoms in total. The van der Waals surface area contributed by atoms with E-state index >= 15 is 0 Å². The van der Waals surface area contributed by atoms with E-state index in [1.54, 1.807) is 0 Å². The Bertz CT molecular complexity index is 797. The molecule has 2 aromatic rings. The van der Waals surface area contributed by atoms with Crippen LogP contribution in [0.3, 0.4) is 0 Å². The topological polar surface area (TPSA) is 51.4 Å². The van der Waals surface area contributed by atoms with Crippen LogP contribution in [0.25, 0.3) is 10.9 Å². The second kappa shape index (κ2) is 7.77. The van der Waals surface area contributed by atoms with Gasteiger partial charge in [-0.1, -0.05) is 0 Å². The van der Waals surface area contributed by atoms with Crippen molar-refractivity contribution in [2.75, 3.05) is 34.2 Å². The van der Waals surface area contributed by atoms with E-state index in [1.165, 1.54) is 11.1 Å². The third-order valence-electron chi connectivity index (χ3n) is 4.21. The van der Waals surface area contributed by atoms with E-state index in [9.17, 15) is 4.79 Å².